The van der Waals surface area contributed by atoms with Gasteiger partial charge in [-0.05, 0) is 18.7 Å². The summed E-state index contributed by atoms with van der Waals surface area (Å²) in [5.41, 5.74) is 0.958. The molecular weight excluding hydrogens is 278 g/mol. The molecule has 1 fully saturated rings. The summed E-state index contributed by atoms with van der Waals surface area (Å²) < 4.78 is 2.02. The Morgan fingerprint density at radius 3 is 2.86 bits per heavy atom. The summed E-state index contributed by atoms with van der Waals surface area (Å²) in [4.78, 5) is 25.2. The maximum Gasteiger partial charge on any atom is 0.227 e. The fourth-order valence-electron chi connectivity index (χ4n) is 2.87. The number of nitrogens with zero attached hydrogens (tertiary/aromatic N) is 5. The first-order valence-electron chi connectivity index (χ1n) is 7.49. The van der Waals surface area contributed by atoms with Crippen molar-refractivity contribution < 1.29 is 4.79 Å². The van der Waals surface area contributed by atoms with Crippen molar-refractivity contribution in [2.45, 2.75) is 12.5 Å². The molecule has 1 unspecified atom stereocenters. The topological polar surface area (TPSA) is 54.3 Å². The number of imidazole rings is 1. The van der Waals surface area contributed by atoms with Crippen LogP contribution in [-0.2, 0) is 18.3 Å². The second-order valence-electron chi connectivity index (χ2n) is 5.77. The molecule has 1 aliphatic heterocycles. The molecular formula is C16H21N5O. The van der Waals surface area contributed by atoms with Gasteiger partial charge in [-0.1, -0.05) is 6.07 Å². The van der Waals surface area contributed by atoms with E-state index in [1.807, 2.05) is 34.8 Å². The molecule has 0 N–H and O–H groups in total. The van der Waals surface area contributed by atoms with Crippen LogP contribution in [0.1, 0.15) is 17.4 Å². The molecule has 0 bridgehead atoms. The highest BCUT2D eigenvalue weighted by molar-refractivity contribution is 5.78. The van der Waals surface area contributed by atoms with Crippen LogP contribution < -0.4 is 0 Å². The third-order valence-corrected chi connectivity index (χ3v) is 4.24. The largest absolute Gasteiger partial charge is 0.339 e. The van der Waals surface area contributed by atoms with Crippen LogP contribution in [0.4, 0.5) is 0 Å². The van der Waals surface area contributed by atoms with Gasteiger partial charge in [0.25, 0.3) is 0 Å². The Morgan fingerprint density at radius 2 is 2.18 bits per heavy atom. The van der Waals surface area contributed by atoms with Crippen LogP contribution in [-0.4, -0.2) is 56.9 Å². The molecule has 6 nitrogen and oxygen atoms in total. The van der Waals surface area contributed by atoms with Gasteiger partial charge in [-0.3, -0.25) is 14.7 Å². The summed E-state index contributed by atoms with van der Waals surface area (Å²) in [6, 6.07) is 3.95. The van der Waals surface area contributed by atoms with Gasteiger partial charge in [0.1, 0.15) is 5.82 Å². The number of pyridine rings is 1. The maximum atomic E-state index is 12.5. The third-order valence-electron chi connectivity index (χ3n) is 4.24. The molecule has 22 heavy (non-hydrogen) atoms. The monoisotopic (exact) mass is 299 g/mol. The number of rotatable bonds is 3. The van der Waals surface area contributed by atoms with Crippen molar-refractivity contribution in [1.82, 2.24) is 24.3 Å². The third kappa shape index (κ3) is 3.01. The zero-order valence-corrected chi connectivity index (χ0v) is 13.0. The fourth-order valence-corrected chi connectivity index (χ4v) is 2.87. The van der Waals surface area contributed by atoms with Crippen LogP contribution in [0.3, 0.4) is 0 Å². The number of hydrogen-bond acceptors (Lipinski definition) is 4. The number of aromatic nitrogens is 3. The summed E-state index contributed by atoms with van der Waals surface area (Å²) in [6.45, 7) is 2.30. The highest BCUT2D eigenvalue weighted by Gasteiger charge is 2.30. The first kappa shape index (κ1) is 14.7. The van der Waals surface area contributed by atoms with Gasteiger partial charge in [-0.15, -0.1) is 0 Å². The molecule has 1 saturated heterocycles. The van der Waals surface area contributed by atoms with Gasteiger partial charge in [0, 0.05) is 51.5 Å². The van der Waals surface area contributed by atoms with E-state index in [-0.39, 0.29) is 11.9 Å². The van der Waals surface area contributed by atoms with Crippen LogP contribution >= 0.6 is 0 Å². The van der Waals surface area contributed by atoms with E-state index < -0.39 is 0 Å². The lowest BCUT2D eigenvalue weighted by Gasteiger charge is -2.39. The minimum atomic E-state index is 0.145. The molecule has 116 valence electrons. The Morgan fingerprint density at radius 1 is 1.32 bits per heavy atom. The lowest BCUT2D eigenvalue weighted by molar-refractivity contribution is -0.133. The van der Waals surface area contributed by atoms with Crippen LogP contribution in [0.15, 0.2) is 36.9 Å². The number of carbonyl (C=O) groups excluding carboxylic acids is 1. The van der Waals surface area contributed by atoms with Crippen molar-refractivity contribution in [1.29, 1.82) is 0 Å². The van der Waals surface area contributed by atoms with Gasteiger partial charge < -0.3 is 9.47 Å². The van der Waals surface area contributed by atoms with Crippen LogP contribution in [0.5, 0.6) is 0 Å². The summed E-state index contributed by atoms with van der Waals surface area (Å²) >= 11 is 0. The first-order valence-corrected chi connectivity index (χ1v) is 7.49. The SMILES string of the molecule is CN1CCN(C(=O)Cc2cccnc2)CC1c1nccn1C. The predicted octanol–water partition coefficient (Wildman–Crippen LogP) is 0.873. The van der Waals surface area contributed by atoms with E-state index in [1.54, 1.807) is 18.6 Å². The Kier molecular flexibility index (Phi) is 4.20. The first-order chi connectivity index (χ1) is 10.6. The van der Waals surface area contributed by atoms with Crippen LogP contribution in [0.25, 0.3) is 0 Å². The van der Waals surface area contributed by atoms with Crippen molar-refractivity contribution in [3.05, 3.63) is 48.3 Å². The van der Waals surface area contributed by atoms with E-state index in [1.165, 1.54) is 0 Å². The number of amides is 1. The molecule has 0 spiro atoms. The zero-order valence-electron chi connectivity index (χ0n) is 13.0. The van der Waals surface area contributed by atoms with E-state index in [4.69, 9.17) is 0 Å². The molecule has 2 aromatic rings. The van der Waals surface area contributed by atoms with Gasteiger partial charge in [-0.25, -0.2) is 4.98 Å². The molecule has 0 aromatic carbocycles. The highest BCUT2D eigenvalue weighted by Crippen LogP contribution is 2.22. The quantitative estimate of drug-likeness (QED) is 0.844. The molecule has 1 atom stereocenters. The molecule has 3 heterocycles. The number of hydrogen-bond donors (Lipinski definition) is 0. The Labute approximate surface area is 130 Å². The van der Waals surface area contributed by atoms with Crippen LogP contribution in [0, 0.1) is 0 Å². The molecule has 0 radical (unpaired) electrons. The average molecular weight is 299 g/mol. The molecule has 1 aliphatic rings. The minimum absolute atomic E-state index is 0.145. The van der Waals surface area contributed by atoms with E-state index in [9.17, 15) is 4.79 Å². The van der Waals surface area contributed by atoms with Gasteiger partial charge in [0.2, 0.25) is 5.91 Å². The highest BCUT2D eigenvalue weighted by atomic mass is 16.2. The summed E-state index contributed by atoms with van der Waals surface area (Å²) in [5, 5.41) is 0. The van der Waals surface area contributed by atoms with E-state index >= 15 is 0 Å². The van der Waals surface area contributed by atoms with Crippen molar-refractivity contribution in [3.63, 3.8) is 0 Å². The second kappa shape index (κ2) is 6.27. The van der Waals surface area contributed by atoms with Crippen LogP contribution in [0.2, 0.25) is 0 Å². The van der Waals surface area contributed by atoms with Crippen molar-refractivity contribution in [2.24, 2.45) is 7.05 Å². The molecule has 3 rings (SSSR count). The van der Waals surface area contributed by atoms with Crippen molar-refractivity contribution in [2.75, 3.05) is 26.7 Å². The molecule has 0 aliphatic carbocycles. The normalized spacial score (nSPS) is 19.4. The maximum absolute atomic E-state index is 12.5. The number of carbonyl (C=O) groups is 1. The zero-order chi connectivity index (χ0) is 15.5. The molecule has 2 aromatic heterocycles. The molecule has 1 amide bonds. The van der Waals surface area contributed by atoms with Gasteiger partial charge >= 0.3 is 0 Å². The number of likely N-dealkylation sites (N-methyl/N-ethyl adjacent to an activating group) is 1. The average Bonchev–Trinajstić information content (AvgIpc) is 2.94. The lowest BCUT2D eigenvalue weighted by atomic mass is 10.1. The smallest absolute Gasteiger partial charge is 0.227 e. The summed E-state index contributed by atoms with van der Waals surface area (Å²) in [6.07, 6.45) is 7.63. The molecule has 6 heteroatoms. The van der Waals surface area contributed by atoms with Gasteiger partial charge in [-0.2, -0.15) is 0 Å². The lowest BCUT2D eigenvalue weighted by Crippen LogP contribution is -2.50. The van der Waals surface area contributed by atoms with Gasteiger partial charge in [0.15, 0.2) is 0 Å². The van der Waals surface area contributed by atoms with E-state index in [0.29, 0.717) is 13.0 Å². The predicted molar refractivity (Wildman–Crippen MR) is 83.1 cm³/mol. The van der Waals surface area contributed by atoms with E-state index in [0.717, 1.165) is 24.5 Å². The summed E-state index contributed by atoms with van der Waals surface area (Å²) in [5.74, 6) is 1.15. The number of aryl methyl sites for hydroxylation is 1. The number of piperazine rings is 1. The Hall–Kier alpha value is -2.21. The summed E-state index contributed by atoms with van der Waals surface area (Å²) in [7, 11) is 4.08. The standard InChI is InChI=1S/C16H21N5O/c1-19-8-9-21(12-14(19)16-18-6-7-20(16)2)15(22)10-13-4-3-5-17-11-13/h3-7,11,14H,8-10,12H2,1-2H3. The Balaban J connectivity index is 1.70. The van der Waals surface area contributed by atoms with Crippen molar-refractivity contribution in [3.8, 4) is 0 Å². The Bertz CT molecular complexity index is 639. The minimum Gasteiger partial charge on any atom is -0.339 e. The fraction of sp³-hybridized carbons (Fsp3) is 0.438. The van der Waals surface area contributed by atoms with E-state index in [2.05, 4.69) is 21.9 Å². The van der Waals surface area contributed by atoms with Gasteiger partial charge in [0.05, 0.1) is 12.5 Å². The second-order valence-corrected chi connectivity index (χ2v) is 5.77. The molecule has 0 saturated carbocycles. The van der Waals surface area contributed by atoms with Crippen molar-refractivity contribution >= 4 is 5.91 Å².